The number of fused-ring (bicyclic) bond motifs is 1. The third kappa shape index (κ3) is 9.45. The number of carbonyl (C=O) groups excluding carboxylic acids is 1. The van der Waals surface area contributed by atoms with E-state index < -0.39 is 12.0 Å². The van der Waals surface area contributed by atoms with E-state index in [1.165, 1.54) is 12.1 Å². The molecule has 2 heterocycles. The Morgan fingerprint density at radius 2 is 1.88 bits per heavy atom. The fourth-order valence-corrected chi connectivity index (χ4v) is 6.78. The first-order valence-electron chi connectivity index (χ1n) is 18.0. The molecule has 9 heteroatoms. The first-order valence-corrected chi connectivity index (χ1v) is 18.6. The number of halogens is 2. The van der Waals surface area contributed by atoms with Crippen LogP contribution in [0.1, 0.15) is 97.0 Å². The molecule has 0 radical (unpaired) electrons. The van der Waals surface area contributed by atoms with Crippen molar-refractivity contribution in [3.63, 3.8) is 0 Å². The van der Waals surface area contributed by atoms with E-state index in [0.717, 1.165) is 56.2 Å². The van der Waals surface area contributed by atoms with Crippen LogP contribution in [0, 0.1) is 23.5 Å². The summed E-state index contributed by atoms with van der Waals surface area (Å²) in [7, 11) is 4.43. The van der Waals surface area contributed by atoms with Crippen LogP contribution in [0.4, 0.5) is 14.5 Å². The summed E-state index contributed by atoms with van der Waals surface area (Å²) in [4.78, 5) is 19.2. The number of nitrogens with zero attached hydrogens (tertiary/aromatic N) is 1. The lowest BCUT2D eigenvalue weighted by atomic mass is 9.91. The van der Waals surface area contributed by atoms with Crippen LogP contribution in [0.2, 0.25) is 0 Å². The summed E-state index contributed by atoms with van der Waals surface area (Å²) < 4.78 is 36.3. The molecule has 0 saturated carbocycles. The van der Waals surface area contributed by atoms with Crippen LogP contribution in [0.3, 0.4) is 0 Å². The first kappa shape index (κ1) is 38.9. The van der Waals surface area contributed by atoms with Gasteiger partial charge in [0.25, 0.3) is 0 Å². The largest absolute Gasteiger partial charge is 0.463 e. The molecule has 3 N–H and O–H groups in total. The average molecular weight is 705 g/mol. The summed E-state index contributed by atoms with van der Waals surface area (Å²) in [6.45, 7) is 16.7. The third-order valence-corrected chi connectivity index (χ3v) is 10.1. The number of carbonyl (C=O) groups is 1. The van der Waals surface area contributed by atoms with E-state index in [2.05, 4.69) is 66.1 Å². The van der Waals surface area contributed by atoms with Gasteiger partial charge in [-0.1, -0.05) is 85.1 Å². The van der Waals surface area contributed by atoms with Gasteiger partial charge in [0.05, 0.1) is 11.4 Å². The van der Waals surface area contributed by atoms with Crippen molar-refractivity contribution in [2.75, 3.05) is 12.4 Å². The van der Waals surface area contributed by atoms with Crippen molar-refractivity contribution in [3.05, 3.63) is 101 Å². The summed E-state index contributed by atoms with van der Waals surface area (Å²) in [5, 5.41) is 8.16. The van der Waals surface area contributed by atoms with Gasteiger partial charge in [0.15, 0.2) is 17.8 Å². The molecular formula is C41H55F2N4O2P. The summed E-state index contributed by atoms with van der Waals surface area (Å²) in [6, 6.07) is 9.90. The molecule has 1 aromatic heterocycles. The van der Waals surface area contributed by atoms with Gasteiger partial charge in [0.1, 0.15) is 5.82 Å². The van der Waals surface area contributed by atoms with Crippen LogP contribution in [0.25, 0.3) is 10.9 Å². The quantitative estimate of drug-likeness (QED) is 0.0532. The van der Waals surface area contributed by atoms with Crippen molar-refractivity contribution < 1.29 is 18.3 Å². The van der Waals surface area contributed by atoms with Crippen molar-refractivity contribution in [2.24, 2.45) is 11.8 Å². The molecule has 0 spiro atoms. The van der Waals surface area contributed by atoms with E-state index in [1.807, 2.05) is 31.1 Å². The van der Waals surface area contributed by atoms with Crippen LogP contribution in [-0.4, -0.2) is 35.0 Å². The highest BCUT2D eigenvalue weighted by atomic mass is 31.0. The number of H-pyrrole nitrogens is 1. The maximum atomic E-state index is 15.3. The molecule has 3 aromatic rings. The molecule has 4 rings (SSSR count). The van der Waals surface area contributed by atoms with E-state index in [4.69, 9.17) is 4.74 Å². The predicted octanol–water partition coefficient (Wildman–Crippen LogP) is 10.1. The van der Waals surface area contributed by atoms with Crippen LogP contribution < -0.4 is 20.7 Å². The number of benzene rings is 2. The predicted molar refractivity (Wildman–Crippen MR) is 208 cm³/mol. The summed E-state index contributed by atoms with van der Waals surface area (Å²) in [5.74, 6) is -0.131. The maximum Gasteiger partial charge on any atom is 0.210 e. The Bertz CT molecular complexity index is 1740. The Labute approximate surface area is 299 Å². The highest BCUT2D eigenvalue weighted by molar-refractivity contribution is 7.27. The number of unbranched alkanes of at least 4 members (excludes halogenated alkanes) is 1. The lowest BCUT2D eigenvalue weighted by Gasteiger charge is -2.34. The molecule has 0 aliphatic carbocycles. The summed E-state index contributed by atoms with van der Waals surface area (Å²) in [5.41, 5.74) is 4.29. The number of Topliss-reactive ketones (excluding diaryl/α,β-unsaturated/α-hetero) is 1. The van der Waals surface area contributed by atoms with E-state index >= 15 is 4.39 Å². The Morgan fingerprint density at radius 3 is 2.54 bits per heavy atom. The molecule has 0 amide bonds. The van der Waals surface area contributed by atoms with Gasteiger partial charge in [0.2, 0.25) is 5.78 Å². The number of hydrogen-bond acceptors (Lipinski definition) is 5. The van der Waals surface area contributed by atoms with Gasteiger partial charge in [-0.25, -0.2) is 8.78 Å². The Kier molecular flexibility index (Phi) is 13.9. The monoisotopic (exact) mass is 704 g/mol. The molecule has 1 aliphatic heterocycles. The SMILES string of the molecule is C=C/C(C(=O)c1cc2cc(F)c(NC(CCC)CC(C)CC)cc2[nH]1)=C(\C)NC1=CC(Oc2c(F)cccc2P)N(C)C=C1C(C)CCCC. The molecule has 5 unspecified atom stereocenters. The van der Waals surface area contributed by atoms with Gasteiger partial charge >= 0.3 is 0 Å². The number of nitrogens with one attached hydrogen (secondary N) is 3. The molecule has 0 saturated heterocycles. The van der Waals surface area contributed by atoms with Crippen LogP contribution in [0.5, 0.6) is 5.75 Å². The molecule has 6 nitrogen and oxygen atoms in total. The standard InChI is InChI=1S/C41H55F2N4O2P/c1-9-13-16-26(6)31-24-47(8)39(49-41-32(42)17-14-18-38(41)50)23-35(31)44-27(7)30(12-4)40(48)37-21-28-20-33(43)36(22-34(28)46-37)45-29(15-10-2)19-25(5)11-3/h12,14,17-18,20-26,29,39,44-46H,4,9-11,13,15-16,19,50H2,1-3,5-8H3/b30-27-. The molecular weight excluding hydrogens is 649 g/mol. The van der Waals surface area contributed by atoms with Crippen molar-refractivity contribution in [1.29, 1.82) is 0 Å². The lowest BCUT2D eigenvalue weighted by molar-refractivity contribution is 0.103. The van der Waals surface area contributed by atoms with E-state index in [-0.39, 0.29) is 29.3 Å². The Balaban J connectivity index is 1.65. The smallest absolute Gasteiger partial charge is 0.210 e. The number of allylic oxidation sites excluding steroid dienone is 4. The first-order chi connectivity index (χ1) is 23.9. The summed E-state index contributed by atoms with van der Waals surface area (Å²) >= 11 is 0. The number of aromatic amines is 1. The Morgan fingerprint density at radius 1 is 1.12 bits per heavy atom. The molecule has 270 valence electrons. The average Bonchev–Trinajstić information content (AvgIpc) is 3.49. The van der Waals surface area contributed by atoms with Gasteiger partial charge in [-0.3, -0.25) is 4.79 Å². The zero-order valence-corrected chi connectivity index (χ0v) is 31.9. The van der Waals surface area contributed by atoms with Gasteiger partial charge in [-0.2, -0.15) is 0 Å². The normalized spacial score (nSPS) is 17.0. The molecule has 0 bridgehead atoms. The van der Waals surface area contributed by atoms with Crippen LogP contribution in [0.15, 0.2) is 83.9 Å². The number of aromatic nitrogens is 1. The highest BCUT2D eigenvalue weighted by Gasteiger charge is 2.27. The number of anilines is 1. The van der Waals surface area contributed by atoms with Crippen molar-refractivity contribution in [3.8, 4) is 5.75 Å². The Hall–Kier alpha value is -3.90. The number of ether oxygens (including phenoxy) is 1. The van der Waals surface area contributed by atoms with Gasteiger partial charge < -0.3 is 25.3 Å². The topological polar surface area (TPSA) is 69.4 Å². The minimum Gasteiger partial charge on any atom is -0.463 e. The maximum absolute atomic E-state index is 15.3. The zero-order valence-electron chi connectivity index (χ0n) is 30.8. The number of rotatable bonds is 18. The van der Waals surface area contributed by atoms with Gasteiger partial charge in [-0.15, -0.1) is 9.24 Å². The van der Waals surface area contributed by atoms with E-state index in [0.29, 0.717) is 44.8 Å². The molecule has 5 atom stereocenters. The second kappa shape index (κ2) is 17.8. The molecule has 1 aliphatic rings. The third-order valence-electron chi connectivity index (χ3n) is 9.63. The zero-order chi connectivity index (χ0) is 36.5. The lowest BCUT2D eigenvalue weighted by Crippen LogP contribution is -2.38. The molecule has 50 heavy (non-hydrogen) atoms. The minimum atomic E-state index is -0.597. The fraction of sp³-hybridized carbons (Fsp3) is 0.439. The van der Waals surface area contributed by atoms with Crippen molar-refractivity contribution in [1.82, 2.24) is 15.2 Å². The van der Waals surface area contributed by atoms with Crippen molar-refractivity contribution in [2.45, 2.75) is 98.8 Å². The summed E-state index contributed by atoms with van der Waals surface area (Å²) in [6.07, 6.45) is 12.0. The number of likely N-dealkylation sites (N-methyl/N-ethyl adjacent to an activating group) is 1. The molecule has 2 aromatic carbocycles. The van der Waals surface area contributed by atoms with E-state index in [9.17, 15) is 9.18 Å². The van der Waals surface area contributed by atoms with Gasteiger partial charge in [-0.05, 0) is 67.9 Å². The van der Waals surface area contributed by atoms with Crippen LogP contribution >= 0.6 is 9.24 Å². The van der Waals surface area contributed by atoms with Crippen LogP contribution in [-0.2, 0) is 0 Å². The fourth-order valence-electron chi connectivity index (χ4n) is 6.46. The van der Waals surface area contributed by atoms with Crippen molar-refractivity contribution >= 4 is 36.9 Å². The van der Waals surface area contributed by atoms with E-state index in [1.54, 1.807) is 30.3 Å². The number of hydrogen-bond donors (Lipinski definition) is 3. The number of ketones is 1. The van der Waals surface area contributed by atoms with Gasteiger partial charge in [0, 0.05) is 58.5 Å². The molecule has 0 fully saturated rings. The highest BCUT2D eigenvalue weighted by Crippen LogP contribution is 2.32. The number of para-hydroxylation sites is 1. The second-order valence-electron chi connectivity index (χ2n) is 13.7. The second-order valence-corrected chi connectivity index (χ2v) is 14.3. The minimum absolute atomic E-state index is 0.166.